The fourth-order valence-electron chi connectivity index (χ4n) is 3.05. The molecule has 0 spiro atoms. The molecule has 0 amide bonds. The zero-order chi connectivity index (χ0) is 19.3. The summed E-state index contributed by atoms with van der Waals surface area (Å²) in [7, 11) is -3.78. The standard InChI is InChI=1S/C23H21NO2S/c1-3-18-24(27(25,26)22-16-14-19(2)15-17-22)23(20-10-6-4-7-11-20)21-12-8-5-9-13-21/h1,4-17,23H,18H2,2H3. The van der Waals surface area contributed by atoms with Crippen LogP contribution in [-0.4, -0.2) is 19.3 Å². The molecule has 4 heteroatoms. The molecule has 3 rings (SSSR count). The van der Waals surface area contributed by atoms with Crippen LogP contribution in [0.3, 0.4) is 0 Å². The van der Waals surface area contributed by atoms with Crippen molar-refractivity contribution in [3.63, 3.8) is 0 Å². The zero-order valence-electron chi connectivity index (χ0n) is 15.1. The van der Waals surface area contributed by atoms with E-state index in [0.29, 0.717) is 0 Å². The van der Waals surface area contributed by atoms with Crippen LogP contribution in [0.4, 0.5) is 0 Å². The molecule has 0 aliphatic heterocycles. The molecular formula is C23H21NO2S. The second-order valence-corrected chi connectivity index (χ2v) is 8.18. The molecule has 3 aromatic carbocycles. The maximum atomic E-state index is 13.5. The number of rotatable bonds is 6. The number of terminal acetylenes is 1. The molecule has 0 bridgehead atoms. The fraction of sp³-hybridized carbons (Fsp3) is 0.130. The third-order valence-corrected chi connectivity index (χ3v) is 6.22. The molecule has 27 heavy (non-hydrogen) atoms. The number of nitrogens with zero attached hydrogens (tertiary/aromatic N) is 1. The van der Waals surface area contributed by atoms with E-state index >= 15 is 0 Å². The van der Waals surface area contributed by atoms with Gasteiger partial charge in [0.05, 0.1) is 17.5 Å². The van der Waals surface area contributed by atoms with Crippen LogP contribution in [0.1, 0.15) is 22.7 Å². The molecule has 0 atom stereocenters. The highest BCUT2D eigenvalue weighted by atomic mass is 32.2. The van der Waals surface area contributed by atoms with Crippen molar-refractivity contribution in [3.05, 3.63) is 102 Å². The smallest absolute Gasteiger partial charge is 0.207 e. The maximum absolute atomic E-state index is 13.5. The molecule has 0 aromatic heterocycles. The lowest BCUT2D eigenvalue weighted by molar-refractivity contribution is 0.393. The van der Waals surface area contributed by atoms with Crippen LogP contribution in [0, 0.1) is 19.3 Å². The van der Waals surface area contributed by atoms with Gasteiger partial charge in [0.2, 0.25) is 10.0 Å². The number of sulfonamides is 1. The molecule has 3 aromatic rings. The van der Waals surface area contributed by atoms with Crippen LogP contribution in [-0.2, 0) is 10.0 Å². The van der Waals surface area contributed by atoms with E-state index in [4.69, 9.17) is 6.42 Å². The normalized spacial score (nSPS) is 11.5. The highest BCUT2D eigenvalue weighted by Crippen LogP contribution is 2.33. The average molecular weight is 375 g/mol. The Kier molecular flexibility index (Phi) is 5.75. The van der Waals surface area contributed by atoms with Gasteiger partial charge in [-0.3, -0.25) is 0 Å². The van der Waals surface area contributed by atoms with E-state index in [9.17, 15) is 8.42 Å². The average Bonchev–Trinajstić information content (AvgIpc) is 2.69. The fourth-order valence-corrected chi connectivity index (χ4v) is 4.56. The Morgan fingerprint density at radius 1 is 0.852 bits per heavy atom. The molecule has 0 heterocycles. The number of aryl methyl sites for hydroxylation is 1. The van der Waals surface area contributed by atoms with Gasteiger partial charge in [-0.2, -0.15) is 4.31 Å². The first-order valence-electron chi connectivity index (χ1n) is 8.66. The Balaban J connectivity index is 2.17. The van der Waals surface area contributed by atoms with Crippen molar-refractivity contribution in [1.82, 2.24) is 4.31 Å². The minimum absolute atomic E-state index is 0.0231. The summed E-state index contributed by atoms with van der Waals surface area (Å²) < 4.78 is 28.3. The van der Waals surface area contributed by atoms with Gasteiger partial charge in [0.1, 0.15) is 0 Å². The molecule has 0 fully saturated rings. The first kappa shape index (κ1) is 18.9. The van der Waals surface area contributed by atoms with Gasteiger partial charge in [0.15, 0.2) is 0 Å². The van der Waals surface area contributed by atoms with Gasteiger partial charge in [0, 0.05) is 0 Å². The van der Waals surface area contributed by atoms with Crippen molar-refractivity contribution >= 4 is 10.0 Å². The van der Waals surface area contributed by atoms with E-state index in [2.05, 4.69) is 5.92 Å². The Hall–Kier alpha value is -2.87. The third kappa shape index (κ3) is 4.11. The molecule has 0 saturated heterocycles. The van der Waals surface area contributed by atoms with Gasteiger partial charge in [0.25, 0.3) is 0 Å². The van der Waals surface area contributed by atoms with Gasteiger partial charge in [-0.15, -0.1) is 6.42 Å². The van der Waals surface area contributed by atoms with E-state index in [1.807, 2.05) is 67.6 Å². The Labute approximate surface area is 161 Å². The lowest BCUT2D eigenvalue weighted by atomic mass is 9.99. The summed E-state index contributed by atoms with van der Waals surface area (Å²) >= 11 is 0. The van der Waals surface area contributed by atoms with Crippen LogP contribution in [0.2, 0.25) is 0 Å². The number of hydrogen-bond acceptors (Lipinski definition) is 2. The molecule has 0 aliphatic carbocycles. The van der Waals surface area contributed by atoms with Crippen molar-refractivity contribution in [2.75, 3.05) is 6.54 Å². The van der Waals surface area contributed by atoms with Gasteiger partial charge in [-0.25, -0.2) is 8.42 Å². The predicted octanol–water partition coefficient (Wildman–Crippen LogP) is 4.41. The lowest BCUT2D eigenvalue weighted by Crippen LogP contribution is -2.36. The summed E-state index contributed by atoms with van der Waals surface area (Å²) in [5.41, 5.74) is 2.74. The predicted molar refractivity (Wildman–Crippen MR) is 109 cm³/mol. The first-order valence-corrected chi connectivity index (χ1v) is 10.1. The van der Waals surface area contributed by atoms with E-state index < -0.39 is 16.1 Å². The van der Waals surface area contributed by atoms with Crippen LogP contribution in [0.5, 0.6) is 0 Å². The summed E-state index contributed by atoms with van der Waals surface area (Å²) in [6.07, 6.45) is 5.57. The van der Waals surface area contributed by atoms with Gasteiger partial charge >= 0.3 is 0 Å². The van der Waals surface area contributed by atoms with Gasteiger partial charge < -0.3 is 0 Å². The number of hydrogen-bond donors (Lipinski definition) is 0. The van der Waals surface area contributed by atoms with Crippen molar-refractivity contribution in [2.45, 2.75) is 17.9 Å². The second kappa shape index (κ2) is 8.22. The second-order valence-electron chi connectivity index (χ2n) is 6.29. The van der Waals surface area contributed by atoms with Crippen LogP contribution >= 0.6 is 0 Å². The Bertz CT molecular complexity index is 982. The first-order chi connectivity index (χ1) is 13.0. The Morgan fingerprint density at radius 3 is 1.78 bits per heavy atom. The largest absolute Gasteiger partial charge is 0.244 e. The van der Waals surface area contributed by atoms with Crippen LogP contribution < -0.4 is 0 Å². The lowest BCUT2D eigenvalue weighted by Gasteiger charge is -2.30. The van der Waals surface area contributed by atoms with E-state index in [1.54, 1.807) is 24.3 Å². The van der Waals surface area contributed by atoms with Gasteiger partial charge in [-0.05, 0) is 30.2 Å². The molecule has 136 valence electrons. The van der Waals surface area contributed by atoms with Crippen molar-refractivity contribution < 1.29 is 8.42 Å². The maximum Gasteiger partial charge on any atom is 0.244 e. The van der Waals surface area contributed by atoms with Crippen molar-refractivity contribution in [1.29, 1.82) is 0 Å². The topological polar surface area (TPSA) is 37.4 Å². The number of benzene rings is 3. The van der Waals surface area contributed by atoms with Crippen LogP contribution in [0.15, 0.2) is 89.8 Å². The molecule has 3 nitrogen and oxygen atoms in total. The van der Waals surface area contributed by atoms with Gasteiger partial charge in [-0.1, -0.05) is 84.3 Å². The highest BCUT2D eigenvalue weighted by molar-refractivity contribution is 7.89. The quantitative estimate of drug-likeness (QED) is 0.599. The summed E-state index contributed by atoms with van der Waals surface area (Å²) in [5.74, 6) is 2.52. The SMILES string of the molecule is C#CCN(C(c1ccccc1)c1ccccc1)S(=O)(=O)c1ccc(C)cc1. The van der Waals surface area contributed by atoms with E-state index in [1.165, 1.54) is 4.31 Å². The minimum atomic E-state index is -3.78. The van der Waals surface area contributed by atoms with E-state index in [-0.39, 0.29) is 11.4 Å². The molecule has 0 aliphatic rings. The zero-order valence-corrected chi connectivity index (χ0v) is 15.9. The molecular weight excluding hydrogens is 354 g/mol. The van der Waals surface area contributed by atoms with Crippen LogP contribution in [0.25, 0.3) is 0 Å². The third-order valence-electron chi connectivity index (χ3n) is 4.39. The Morgan fingerprint density at radius 2 is 1.33 bits per heavy atom. The molecule has 0 N–H and O–H groups in total. The summed E-state index contributed by atoms with van der Waals surface area (Å²) in [4.78, 5) is 0.236. The minimum Gasteiger partial charge on any atom is -0.207 e. The summed E-state index contributed by atoms with van der Waals surface area (Å²) in [6.45, 7) is 1.90. The van der Waals surface area contributed by atoms with Crippen molar-refractivity contribution in [2.24, 2.45) is 0 Å². The molecule has 0 radical (unpaired) electrons. The molecule has 0 unspecified atom stereocenters. The monoisotopic (exact) mass is 375 g/mol. The highest BCUT2D eigenvalue weighted by Gasteiger charge is 2.33. The van der Waals surface area contributed by atoms with E-state index in [0.717, 1.165) is 16.7 Å². The summed E-state index contributed by atoms with van der Waals surface area (Å²) in [5, 5.41) is 0. The molecule has 0 saturated carbocycles. The van der Waals surface area contributed by atoms with Crippen molar-refractivity contribution in [3.8, 4) is 12.3 Å². The summed E-state index contributed by atoms with van der Waals surface area (Å²) in [6, 6.07) is 25.4.